The summed E-state index contributed by atoms with van der Waals surface area (Å²) in [6.45, 7) is 8.67. The van der Waals surface area contributed by atoms with Crippen LogP contribution in [0.25, 0.3) is 0 Å². The summed E-state index contributed by atoms with van der Waals surface area (Å²) < 4.78 is 5.87. The van der Waals surface area contributed by atoms with E-state index in [1.54, 1.807) is 0 Å². The van der Waals surface area contributed by atoms with Gasteiger partial charge >= 0.3 is 0 Å². The van der Waals surface area contributed by atoms with Crippen LogP contribution in [0.1, 0.15) is 58.4 Å². The van der Waals surface area contributed by atoms with E-state index in [0.29, 0.717) is 0 Å². The van der Waals surface area contributed by atoms with Crippen LogP contribution in [0.2, 0.25) is 0 Å². The molecule has 2 rings (SSSR count). The van der Waals surface area contributed by atoms with Crippen molar-refractivity contribution >= 4 is 0 Å². The highest BCUT2D eigenvalue weighted by atomic mass is 16.5. The number of nitrogens with one attached hydrogen (secondary N) is 1. The first-order valence-electron chi connectivity index (χ1n) is 9.21. The lowest BCUT2D eigenvalue weighted by Crippen LogP contribution is -2.40. The van der Waals surface area contributed by atoms with E-state index in [1.165, 1.54) is 24.8 Å². The SMILES string of the molecule is CC/C=C/CCC(C)(C)NCCc1cccc(OCC2CC2)c1. The Morgan fingerprint density at radius 2 is 2.09 bits per heavy atom. The molecule has 0 radical (unpaired) electrons. The topological polar surface area (TPSA) is 21.3 Å². The van der Waals surface area contributed by atoms with Crippen molar-refractivity contribution in [2.75, 3.05) is 13.2 Å². The van der Waals surface area contributed by atoms with Crippen LogP contribution in [-0.2, 0) is 6.42 Å². The molecule has 23 heavy (non-hydrogen) atoms. The van der Waals surface area contributed by atoms with Gasteiger partial charge in [-0.25, -0.2) is 0 Å². The van der Waals surface area contributed by atoms with Gasteiger partial charge in [0.2, 0.25) is 0 Å². The molecule has 2 nitrogen and oxygen atoms in total. The predicted molar refractivity (Wildman–Crippen MR) is 99.1 cm³/mol. The zero-order valence-corrected chi connectivity index (χ0v) is 15.1. The van der Waals surface area contributed by atoms with Crippen molar-refractivity contribution in [2.24, 2.45) is 5.92 Å². The van der Waals surface area contributed by atoms with Crippen LogP contribution < -0.4 is 10.1 Å². The average molecular weight is 316 g/mol. The highest BCUT2D eigenvalue weighted by molar-refractivity contribution is 5.28. The third kappa shape index (κ3) is 7.69. The van der Waals surface area contributed by atoms with Gasteiger partial charge in [0.1, 0.15) is 5.75 Å². The second-order valence-electron chi connectivity index (χ2n) is 7.38. The summed E-state index contributed by atoms with van der Waals surface area (Å²) in [6, 6.07) is 8.57. The standard InChI is InChI=1S/C21H33NO/c1-4-5-6-7-14-21(2,3)22-15-13-18-9-8-10-20(16-18)23-17-19-11-12-19/h5-6,8-10,16,19,22H,4,7,11-15,17H2,1-3H3/b6-5+. The van der Waals surface area contributed by atoms with Crippen molar-refractivity contribution in [1.82, 2.24) is 5.32 Å². The molecule has 1 fully saturated rings. The molecular weight excluding hydrogens is 282 g/mol. The molecule has 0 aromatic heterocycles. The summed E-state index contributed by atoms with van der Waals surface area (Å²) in [5.74, 6) is 1.83. The van der Waals surface area contributed by atoms with E-state index in [2.05, 4.69) is 62.5 Å². The zero-order chi connectivity index (χ0) is 16.5. The van der Waals surface area contributed by atoms with Gasteiger partial charge in [-0.1, -0.05) is 31.2 Å². The highest BCUT2D eigenvalue weighted by Gasteiger charge is 2.21. The van der Waals surface area contributed by atoms with Crippen molar-refractivity contribution in [2.45, 2.75) is 64.8 Å². The number of benzene rings is 1. The van der Waals surface area contributed by atoms with Gasteiger partial charge in [-0.05, 0) is 82.5 Å². The maximum Gasteiger partial charge on any atom is 0.119 e. The van der Waals surface area contributed by atoms with Crippen LogP contribution in [0, 0.1) is 5.92 Å². The van der Waals surface area contributed by atoms with Crippen LogP contribution in [0.3, 0.4) is 0 Å². The lowest BCUT2D eigenvalue weighted by atomic mass is 9.97. The first kappa shape index (κ1) is 18.1. The third-order valence-electron chi connectivity index (χ3n) is 4.44. The molecule has 0 heterocycles. The molecule has 0 spiro atoms. The zero-order valence-electron chi connectivity index (χ0n) is 15.1. The Morgan fingerprint density at radius 3 is 2.83 bits per heavy atom. The number of hydrogen-bond donors (Lipinski definition) is 1. The van der Waals surface area contributed by atoms with Gasteiger partial charge in [-0.15, -0.1) is 0 Å². The fourth-order valence-electron chi connectivity index (χ4n) is 2.65. The van der Waals surface area contributed by atoms with Crippen molar-refractivity contribution in [3.8, 4) is 5.75 Å². The molecule has 1 saturated carbocycles. The van der Waals surface area contributed by atoms with E-state index in [0.717, 1.165) is 44.1 Å². The van der Waals surface area contributed by atoms with Gasteiger partial charge in [0.25, 0.3) is 0 Å². The van der Waals surface area contributed by atoms with Crippen LogP contribution in [-0.4, -0.2) is 18.7 Å². The molecule has 0 bridgehead atoms. The quantitative estimate of drug-likeness (QED) is 0.571. The van der Waals surface area contributed by atoms with Gasteiger partial charge in [0.05, 0.1) is 6.61 Å². The first-order chi connectivity index (χ1) is 11.1. The van der Waals surface area contributed by atoms with E-state index in [-0.39, 0.29) is 5.54 Å². The molecule has 2 heteroatoms. The number of ether oxygens (including phenoxy) is 1. The van der Waals surface area contributed by atoms with Crippen molar-refractivity contribution in [3.63, 3.8) is 0 Å². The fraction of sp³-hybridized carbons (Fsp3) is 0.619. The van der Waals surface area contributed by atoms with Gasteiger partial charge in [-0.2, -0.15) is 0 Å². The number of rotatable bonds is 11. The van der Waals surface area contributed by atoms with E-state index < -0.39 is 0 Å². The van der Waals surface area contributed by atoms with Crippen LogP contribution in [0.15, 0.2) is 36.4 Å². The molecule has 0 unspecified atom stereocenters. The highest BCUT2D eigenvalue weighted by Crippen LogP contribution is 2.29. The molecule has 1 aromatic rings. The molecule has 1 N–H and O–H groups in total. The lowest BCUT2D eigenvalue weighted by Gasteiger charge is -2.26. The smallest absolute Gasteiger partial charge is 0.119 e. The van der Waals surface area contributed by atoms with E-state index >= 15 is 0 Å². The summed E-state index contributed by atoms with van der Waals surface area (Å²) in [7, 11) is 0. The monoisotopic (exact) mass is 315 g/mol. The van der Waals surface area contributed by atoms with Gasteiger partial charge < -0.3 is 10.1 Å². The van der Waals surface area contributed by atoms with E-state index in [4.69, 9.17) is 4.74 Å². The second kappa shape index (κ2) is 9.12. The summed E-state index contributed by atoms with van der Waals surface area (Å²) in [5.41, 5.74) is 1.55. The van der Waals surface area contributed by atoms with E-state index in [9.17, 15) is 0 Å². The van der Waals surface area contributed by atoms with Gasteiger partial charge in [-0.3, -0.25) is 0 Å². The number of allylic oxidation sites excluding steroid dienone is 2. The van der Waals surface area contributed by atoms with Gasteiger partial charge in [0.15, 0.2) is 0 Å². The Bertz CT molecular complexity index is 488. The minimum atomic E-state index is 0.193. The van der Waals surface area contributed by atoms with Crippen LogP contribution in [0.4, 0.5) is 0 Å². The summed E-state index contributed by atoms with van der Waals surface area (Å²) in [5, 5.41) is 3.69. The Kier molecular flexibility index (Phi) is 7.16. The minimum Gasteiger partial charge on any atom is -0.493 e. The molecular formula is C21H33NO. The van der Waals surface area contributed by atoms with Crippen molar-refractivity contribution in [1.29, 1.82) is 0 Å². The Balaban J connectivity index is 1.69. The molecule has 0 atom stereocenters. The summed E-state index contributed by atoms with van der Waals surface area (Å²) in [6.07, 6.45) is 11.7. The van der Waals surface area contributed by atoms with Crippen LogP contribution >= 0.6 is 0 Å². The fourth-order valence-corrected chi connectivity index (χ4v) is 2.65. The predicted octanol–water partition coefficient (Wildman–Crippen LogP) is 5.13. The van der Waals surface area contributed by atoms with Crippen LogP contribution in [0.5, 0.6) is 5.75 Å². The molecule has 1 aliphatic carbocycles. The Morgan fingerprint density at radius 1 is 1.26 bits per heavy atom. The Labute approximate surface area is 142 Å². The largest absolute Gasteiger partial charge is 0.493 e. The molecule has 0 amide bonds. The first-order valence-corrected chi connectivity index (χ1v) is 9.21. The maximum absolute atomic E-state index is 5.87. The van der Waals surface area contributed by atoms with Crippen molar-refractivity contribution in [3.05, 3.63) is 42.0 Å². The van der Waals surface area contributed by atoms with Crippen molar-refractivity contribution < 1.29 is 4.74 Å². The maximum atomic E-state index is 5.87. The molecule has 1 aliphatic rings. The van der Waals surface area contributed by atoms with E-state index in [1.807, 2.05) is 0 Å². The Hall–Kier alpha value is -1.28. The second-order valence-corrected chi connectivity index (χ2v) is 7.38. The molecule has 0 saturated heterocycles. The average Bonchev–Trinajstić information content (AvgIpc) is 3.34. The summed E-state index contributed by atoms with van der Waals surface area (Å²) in [4.78, 5) is 0. The minimum absolute atomic E-state index is 0.193. The summed E-state index contributed by atoms with van der Waals surface area (Å²) >= 11 is 0. The molecule has 128 valence electrons. The number of hydrogen-bond acceptors (Lipinski definition) is 2. The third-order valence-corrected chi connectivity index (χ3v) is 4.44. The van der Waals surface area contributed by atoms with Gasteiger partial charge in [0, 0.05) is 5.54 Å². The normalized spacial score (nSPS) is 15.3. The molecule has 1 aromatic carbocycles. The molecule has 0 aliphatic heterocycles. The lowest BCUT2D eigenvalue weighted by molar-refractivity contribution is 0.299.